The second kappa shape index (κ2) is 8.13. The lowest BCUT2D eigenvalue weighted by molar-refractivity contribution is 0.0599. The van der Waals surface area contributed by atoms with E-state index in [2.05, 4.69) is 15.9 Å². The molecular weight excluding hydrogens is 351 g/mol. The van der Waals surface area contributed by atoms with E-state index in [9.17, 15) is 4.79 Å². The zero-order valence-corrected chi connectivity index (χ0v) is 13.9. The highest BCUT2D eigenvalue weighted by molar-refractivity contribution is 9.10. The van der Waals surface area contributed by atoms with Gasteiger partial charge in [0.25, 0.3) is 0 Å². The Morgan fingerprint density at radius 3 is 2.37 bits per heavy atom. The molecule has 0 spiro atoms. The zero-order chi connectivity index (χ0) is 14.3. The first kappa shape index (κ1) is 16.8. The monoisotopic (exact) mass is 366 g/mol. The summed E-state index contributed by atoms with van der Waals surface area (Å²) in [7, 11) is 1.39. The third-order valence-corrected chi connectivity index (χ3v) is 4.47. The Kier molecular flexibility index (Phi) is 7.19. The number of ether oxygens (including phenoxy) is 1. The van der Waals surface area contributed by atoms with Crippen LogP contribution in [0.4, 0.5) is 0 Å². The maximum absolute atomic E-state index is 11.7. The molecule has 0 radical (unpaired) electrons. The SMILES string of the molecule is COC(=O)c1ccccc1CC(Br)(CCCl)CCCl. The van der Waals surface area contributed by atoms with Crippen LogP contribution >= 0.6 is 39.1 Å². The molecule has 1 aromatic rings. The number of hydrogen-bond donors (Lipinski definition) is 0. The maximum atomic E-state index is 11.7. The van der Waals surface area contributed by atoms with Gasteiger partial charge in [-0.05, 0) is 30.9 Å². The summed E-state index contributed by atoms with van der Waals surface area (Å²) in [4.78, 5) is 11.7. The van der Waals surface area contributed by atoms with Crippen molar-refractivity contribution in [2.24, 2.45) is 0 Å². The van der Waals surface area contributed by atoms with Gasteiger partial charge in [-0.25, -0.2) is 4.79 Å². The van der Waals surface area contributed by atoms with Crippen LogP contribution in [0.5, 0.6) is 0 Å². The summed E-state index contributed by atoms with van der Waals surface area (Å²) in [6.45, 7) is 0. The van der Waals surface area contributed by atoms with E-state index < -0.39 is 0 Å². The fourth-order valence-corrected chi connectivity index (χ4v) is 3.84. The van der Waals surface area contributed by atoms with E-state index in [1.165, 1.54) is 7.11 Å². The minimum atomic E-state index is -0.317. The number of rotatable bonds is 7. The van der Waals surface area contributed by atoms with E-state index in [-0.39, 0.29) is 10.3 Å². The van der Waals surface area contributed by atoms with Crippen LogP contribution in [0.2, 0.25) is 0 Å². The zero-order valence-electron chi connectivity index (χ0n) is 10.8. The van der Waals surface area contributed by atoms with E-state index >= 15 is 0 Å². The van der Waals surface area contributed by atoms with Crippen molar-refractivity contribution in [1.82, 2.24) is 0 Å². The smallest absolute Gasteiger partial charge is 0.338 e. The van der Waals surface area contributed by atoms with Crippen LogP contribution in [0.15, 0.2) is 24.3 Å². The summed E-state index contributed by atoms with van der Waals surface area (Å²) < 4.78 is 4.63. The van der Waals surface area contributed by atoms with Gasteiger partial charge in [0, 0.05) is 16.1 Å². The Morgan fingerprint density at radius 1 is 1.26 bits per heavy atom. The van der Waals surface area contributed by atoms with Crippen LogP contribution in [0.1, 0.15) is 28.8 Å². The van der Waals surface area contributed by atoms with Gasteiger partial charge in [0.15, 0.2) is 0 Å². The molecule has 0 saturated heterocycles. The summed E-state index contributed by atoms with van der Waals surface area (Å²) in [5.41, 5.74) is 1.54. The van der Waals surface area contributed by atoms with Crippen molar-refractivity contribution < 1.29 is 9.53 Å². The first-order chi connectivity index (χ1) is 9.06. The highest BCUT2D eigenvalue weighted by Gasteiger charge is 2.27. The Morgan fingerprint density at radius 2 is 1.84 bits per heavy atom. The largest absolute Gasteiger partial charge is 0.465 e. The predicted molar refractivity (Wildman–Crippen MR) is 83.8 cm³/mol. The lowest BCUT2D eigenvalue weighted by Crippen LogP contribution is -2.26. The van der Waals surface area contributed by atoms with Crippen molar-refractivity contribution in [3.05, 3.63) is 35.4 Å². The van der Waals surface area contributed by atoms with Crippen molar-refractivity contribution >= 4 is 45.1 Å². The summed E-state index contributed by atoms with van der Waals surface area (Å²) in [5.74, 6) is 0.771. The summed E-state index contributed by atoms with van der Waals surface area (Å²) in [6, 6.07) is 7.45. The molecule has 19 heavy (non-hydrogen) atoms. The van der Waals surface area contributed by atoms with Crippen LogP contribution in [-0.4, -0.2) is 29.2 Å². The number of alkyl halides is 3. The molecule has 2 nitrogen and oxygen atoms in total. The topological polar surface area (TPSA) is 26.3 Å². The molecule has 106 valence electrons. The Hall–Kier alpha value is -0.250. The molecule has 0 aromatic heterocycles. The average molecular weight is 368 g/mol. The van der Waals surface area contributed by atoms with Crippen LogP contribution in [0, 0.1) is 0 Å². The second-order valence-electron chi connectivity index (χ2n) is 4.35. The molecule has 0 bridgehead atoms. The van der Waals surface area contributed by atoms with Crippen molar-refractivity contribution in [3.8, 4) is 0 Å². The van der Waals surface area contributed by atoms with Gasteiger partial charge in [0.05, 0.1) is 12.7 Å². The molecule has 0 aliphatic heterocycles. The first-order valence-electron chi connectivity index (χ1n) is 6.03. The third kappa shape index (κ3) is 4.97. The van der Waals surface area contributed by atoms with E-state index in [0.29, 0.717) is 23.7 Å². The van der Waals surface area contributed by atoms with Crippen LogP contribution in [0.25, 0.3) is 0 Å². The van der Waals surface area contributed by atoms with E-state index in [0.717, 1.165) is 18.4 Å². The number of carbonyl (C=O) groups excluding carboxylic acids is 1. The molecule has 0 atom stereocenters. The molecule has 0 amide bonds. The van der Waals surface area contributed by atoms with E-state index in [1.807, 2.05) is 18.2 Å². The lowest BCUT2D eigenvalue weighted by atomic mass is 9.91. The second-order valence-corrected chi connectivity index (χ2v) is 6.79. The van der Waals surface area contributed by atoms with Crippen molar-refractivity contribution in [2.45, 2.75) is 23.6 Å². The quantitative estimate of drug-likeness (QED) is 0.527. The lowest BCUT2D eigenvalue weighted by Gasteiger charge is -2.27. The number of benzene rings is 1. The van der Waals surface area contributed by atoms with Gasteiger partial charge in [-0.15, -0.1) is 23.2 Å². The number of halogens is 3. The Labute approximate surface area is 132 Å². The molecule has 0 aliphatic rings. The summed E-state index contributed by atoms with van der Waals surface area (Å²) in [6.07, 6.45) is 2.27. The molecule has 0 N–H and O–H groups in total. The molecule has 0 heterocycles. The normalized spacial score (nSPS) is 11.4. The average Bonchev–Trinajstić information content (AvgIpc) is 2.39. The van der Waals surface area contributed by atoms with Gasteiger partial charge in [0.1, 0.15) is 0 Å². The first-order valence-corrected chi connectivity index (χ1v) is 7.89. The third-order valence-electron chi connectivity index (χ3n) is 3.02. The van der Waals surface area contributed by atoms with Gasteiger partial charge in [-0.1, -0.05) is 34.1 Å². The molecule has 0 fully saturated rings. The predicted octanol–water partition coefficient (Wildman–Crippen LogP) is 4.41. The van der Waals surface area contributed by atoms with Gasteiger partial charge in [-0.2, -0.15) is 0 Å². The van der Waals surface area contributed by atoms with Crippen molar-refractivity contribution in [2.75, 3.05) is 18.9 Å². The van der Waals surface area contributed by atoms with Gasteiger partial charge < -0.3 is 4.74 Å². The van der Waals surface area contributed by atoms with Gasteiger partial charge >= 0.3 is 5.97 Å². The standard InChI is InChI=1S/C14H17BrCl2O2/c1-19-13(18)12-5-3-2-4-11(12)10-14(15,6-8-16)7-9-17/h2-5H,6-10H2,1H3. The van der Waals surface area contributed by atoms with Crippen molar-refractivity contribution in [3.63, 3.8) is 0 Å². The Balaban J connectivity index is 2.99. The fraction of sp³-hybridized carbons (Fsp3) is 0.500. The summed E-state index contributed by atoms with van der Waals surface area (Å²) in [5, 5.41) is 0. The van der Waals surface area contributed by atoms with E-state index in [1.54, 1.807) is 6.07 Å². The summed E-state index contributed by atoms with van der Waals surface area (Å²) >= 11 is 15.4. The molecular formula is C14H17BrCl2O2. The highest BCUT2D eigenvalue weighted by atomic mass is 79.9. The van der Waals surface area contributed by atoms with E-state index in [4.69, 9.17) is 27.9 Å². The maximum Gasteiger partial charge on any atom is 0.338 e. The van der Waals surface area contributed by atoms with Gasteiger partial charge in [0.2, 0.25) is 0 Å². The fourth-order valence-electron chi connectivity index (χ4n) is 1.97. The number of esters is 1. The molecule has 0 saturated carbocycles. The highest BCUT2D eigenvalue weighted by Crippen LogP contribution is 2.33. The Bertz CT molecular complexity index is 418. The minimum absolute atomic E-state index is 0.180. The molecule has 1 rings (SSSR count). The van der Waals surface area contributed by atoms with Crippen LogP contribution in [-0.2, 0) is 11.2 Å². The number of hydrogen-bond acceptors (Lipinski definition) is 2. The molecule has 5 heteroatoms. The molecule has 0 unspecified atom stereocenters. The van der Waals surface area contributed by atoms with Crippen LogP contribution < -0.4 is 0 Å². The minimum Gasteiger partial charge on any atom is -0.465 e. The molecule has 0 aliphatic carbocycles. The number of methoxy groups -OCH3 is 1. The van der Waals surface area contributed by atoms with Crippen LogP contribution in [0.3, 0.4) is 0 Å². The molecule has 1 aromatic carbocycles. The van der Waals surface area contributed by atoms with Gasteiger partial charge in [-0.3, -0.25) is 0 Å². The number of carbonyl (C=O) groups is 1. The van der Waals surface area contributed by atoms with Crippen molar-refractivity contribution in [1.29, 1.82) is 0 Å².